The monoisotopic (exact) mass is 139 g/mol. The van der Waals surface area contributed by atoms with Crippen LogP contribution in [-0.4, -0.2) is 13.3 Å². The van der Waals surface area contributed by atoms with Crippen molar-refractivity contribution >= 4 is 0 Å². The smallest absolute Gasteiger partial charge is 0.116 e. The van der Waals surface area contributed by atoms with E-state index in [2.05, 4.69) is 5.32 Å². The maximum Gasteiger partial charge on any atom is 0.116 e. The number of fused-ring (bicyclic) bond motifs is 1. The van der Waals surface area contributed by atoms with Crippen molar-refractivity contribution in [3.63, 3.8) is 0 Å². The molecule has 2 aliphatic heterocycles. The lowest BCUT2D eigenvalue weighted by Gasteiger charge is -2.25. The molecule has 0 aromatic heterocycles. The first kappa shape index (κ1) is 5.80. The van der Waals surface area contributed by atoms with Crippen molar-refractivity contribution in [2.75, 3.05) is 13.3 Å². The molecule has 3 heteroatoms. The van der Waals surface area contributed by atoms with E-state index < -0.39 is 0 Å². The molecule has 54 valence electrons. The predicted octanol–water partition coefficient (Wildman–Crippen LogP) is 0.565. The Morgan fingerprint density at radius 3 is 3.50 bits per heavy atom. The molecule has 0 saturated carbocycles. The third-order valence-electron chi connectivity index (χ3n) is 1.66. The zero-order valence-corrected chi connectivity index (χ0v) is 5.54. The largest absolute Gasteiger partial charge is 0.471 e. The summed E-state index contributed by atoms with van der Waals surface area (Å²) in [7, 11) is 0. The van der Waals surface area contributed by atoms with E-state index in [1.807, 2.05) is 6.08 Å². The topological polar surface area (TPSA) is 30.5 Å². The standard InChI is InChI=1S/C7H9NO2/c1-2-9-4-7-6(1)3-10-5-8-7/h1-2,4,6,8H,3,5H2. The highest BCUT2D eigenvalue weighted by Crippen LogP contribution is 2.17. The molecule has 1 atom stereocenters. The third-order valence-corrected chi connectivity index (χ3v) is 1.66. The summed E-state index contributed by atoms with van der Waals surface area (Å²) in [5, 5.41) is 3.08. The van der Waals surface area contributed by atoms with Crippen LogP contribution in [0.1, 0.15) is 0 Å². The van der Waals surface area contributed by atoms with Crippen molar-refractivity contribution in [2.24, 2.45) is 5.92 Å². The van der Waals surface area contributed by atoms with Gasteiger partial charge < -0.3 is 14.8 Å². The summed E-state index contributed by atoms with van der Waals surface area (Å²) in [4.78, 5) is 0. The zero-order valence-electron chi connectivity index (χ0n) is 5.54. The molecule has 2 aliphatic rings. The summed E-state index contributed by atoms with van der Waals surface area (Å²) < 4.78 is 10.2. The SMILES string of the molecule is C1=CC2COCNC2=CO1. The van der Waals surface area contributed by atoms with E-state index >= 15 is 0 Å². The van der Waals surface area contributed by atoms with Crippen molar-refractivity contribution < 1.29 is 9.47 Å². The highest BCUT2D eigenvalue weighted by Gasteiger charge is 2.18. The van der Waals surface area contributed by atoms with Crippen LogP contribution in [0.3, 0.4) is 0 Å². The van der Waals surface area contributed by atoms with Gasteiger partial charge >= 0.3 is 0 Å². The van der Waals surface area contributed by atoms with Gasteiger partial charge in [0.15, 0.2) is 0 Å². The van der Waals surface area contributed by atoms with E-state index in [1.54, 1.807) is 12.5 Å². The Morgan fingerprint density at radius 1 is 1.60 bits per heavy atom. The first-order valence-corrected chi connectivity index (χ1v) is 3.30. The Hall–Kier alpha value is -0.960. The molecular formula is C7H9NO2. The molecule has 0 bridgehead atoms. The zero-order chi connectivity index (χ0) is 6.81. The third kappa shape index (κ3) is 0.885. The predicted molar refractivity (Wildman–Crippen MR) is 35.8 cm³/mol. The van der Waals surface area contributed by atoms with E-state index in [1.165, 1.54) is 0 Å². The quantitative estimate of drug-likeness (QED) is 0.532. The number of nitrogens with one attached hydrogen (secondary N) is 1. The van der Waals surface area contributed by atoms with Crippen LogP contribution < -0.4 is 5.32 Å². The minimum absolute atomic E-state index is 0.377. The highest BCUT2D eigenvalue weighted by molar-refractivity contribution is 5.13. The van der Waals surface area contributed by atoms with Crippen LogP contribution in [0.4, 0.5) is 0 Å². The van der Waals surface area contributed by atoms with Crippen LogP contribution in [0.25, 0.3) is 0 Å². The molecule has 0 radical (unpaired) electrons. The van der Waals surface area contributed by atoms with Gasteiger partial charge in [-0.25, -0.2) is 0 Å². The second kappa shape index (κ2) is 2.34. The molecule has 0 aromatic carbocycles. The van der Waals surface area contributed by atoms with Gasteiger partial charge in [-0.2, -0.15) is 0 Å². The summed E-state index contributed by atoms with van der Waals surface area (Å²) in [5.74, 6) is 0.377. The van der Waals surface area contributed by atoms with E-state index in [-0.39, 0.29) is 0 Å². The van der Waals surface area contributed by atoms with E-state index in [9.17, 15) is 0 Å². The van der Waals surface area contributed by atoms with E-state index in [0.29, 0.717) is 12.6 Å². The summed E-state index contributed by atoms with van der Waals surface area (Å²) in [6, 6.07) is 0. The number of ether oxygens (including phenoxy) is 2. The van der Waals surface area contributed by atoms with Crippen LogP contribution in [0, 0.1) is 5.92 Å². The Kier molecular flexibility index (Phi) is 1.36. The average molecular weight is 139 g/mol. The van der Waals surface area contributed by atoms with Crippen molar-refractivity contribution in [3.8, 4) is 0 Å². The molecule has 2 heterocycles. The Balaban J connectivity index is 2.13. The highest BCUT2D eigenvalue weighted by atomic mass is 16.5. The van der Waals surface area contributed by atoms with Crippen molar-refractivity contribution in [3.05, 3.63) is 24.3 Å². The molecule has 1 saturated heterocycles. The Labute approximate surface area is 59.3 Å². The van der Waals surface area contributed by atoms with Gasteiger partial charge in [-0.15, -0.1) is 0 Å². The normalized spacial score (nSPS) is 29.6. The molecule has 1 N–H and O–H groups in total. The molecule has 0 amide bonds. The first-order chi connectivity index (χ1) is 4.97. The lowest BCUT2D eigenvalue weighted by atomic mass is 10.1. The molecule has 10 heavy (non-hydrogen) atoms. The second-order valence-corrected chi connectivity index (χ2v) is 2.34. The van der Waals surface area contributed by atoms with Gasteiger partial charge in [0, 0.05) is 5.92 Å². The van der Waals surface area contributed by atoms with Gasteiger partial charge in [-0.1, -0.05) is 0 Å². The number of hydrogen-bond acceptors (Lipinski definition) is 3. The van der Waals surface area contributed by atoms with Crippen molar-refractivity contribution in [2.45, 2.75) is 0 Å². The van der Waals surface area contributed by atoms with Gasteiger partial charge in [0.2, 0.25) is 0 Å². The molecule has 0 spiro atoms. The fraction of sp³-hybridized carbons (Fsp3) is 0.429. The summed E-state index contributed by atoms with van der Waals surface area (Å²) in [5.41, 5.74) is 1.12. The molecular weight excluding hydrogens is 130 g/mol. The van der Waals surface area contributed by atoms with E-state index in [0.717, 1.165) is 12.3 Å². The Morgan fingerprint density at radius 2 is 2.60 bits per heavy atom. The molecule has 0 aromatic rings. The van der Waals surface area contributed by atoms with Crippen molar-refractivity contribution in [1.82, 2.24) is 5.32 Å². The molecule has 1 unspecified atom stereocenters. The van der Waals surface area contributed by atoms with E-state index in [4.69, 9.17) is 9.47 Å². The minimum Gasteiger partial charge on any atom is -0.471 e. The maximum absolute atomic E-state index is 5.18. The van der Waals surface area contributed by atoms with Crippen LogP contribution in [0.5, 0.6) is 0 Å². The summed E-state index contributed by atoms with van der Waals surface area (Å²) in [6.07, 6.45) is 5.40. The van der Waals surface area contributed by atoms with Crippen LogP contribution in [-0.2, 0) is 9.47 Å². The number of hydrogen-bond donors (Lipinski definition) is 1. The molecule has 1 fully saturated rings. The van der Waals surface area contributed by atoms with Crippen molar-refractivity contribution in [1.29, 1.82) is 0 Å². The lowest BCUT2D eigenvalue weighted by Crippen LogP contribution is -2.32. The number of rotatable bonds is 0. The minimum atomic E-state index is 0.377. The average Bonchev–Trinajstić information content (AvgIpc) is 2.05. The van der Waals surface area contributed by atoms with Crippen LogP contribution in [0.15, 0.2) is 24.3 Å². The fourth-order valence-corrected chi connectivity index (χ4v) is 1.08. The van der Waals surface area contributed by atoms with Crippen LogP contribution >= 0.6 is 0 Å². The Bertz CT molecular complexity index is 186. The van der Waals surface area contributed by atoms with Gasteiger partial charge in [-0.05, 0) is 6.08 Å². The maximum atomic E-state index is 5.18. The van der Waals surface area contributed by atoms with Gasteiger partial charge in [0.1, 0.15) is 13.0 Å². The summed E-state index contributed by atoms with van der Waals surface area (Å²) in [6.45, 7) is 1.36. The first-order valence-electron chi connectivity index (χ1n) is 3.30. The fourth-order valence-electron chi connectivity index (χ4n) is 1.08. The molecule has 3 nitrogen and oxygen atoms in total. The van der Waals surface area contributed by atoms with Crippen LogP contribution in [0.2, 0.25) is 0 Å². The van der Waals surface area contributed by atoms with Gasteiger partial charge in [-0.3, -0.25) is 0 Å². The summed E-state index contributed by atoms with van der Waals surface area (Å²) >= 11 is 0. The second-order valence-electron chi connectivity index (χ2n) is 2.34. The lowest BCUT2D eigenvalue weighted by molar-refractivity contribution is 0.0746. The molecule has 2 rings (SSSR count). The molecule has 0 aliphatic carbocycles. The van der Waals surface area contributed by atoms with Gasteiger partial charge in [0.05, 0.1) is 18.6 Å². The van der Waals surface area contributed by atoms with Gasteiger partial charge in [0.25, 0.3) is 0 Å².